The van der Waals surface area contributed by atoms with Gasteiger partial charge in [-0.2, -0.15) is 0 Å². The summed E-state index contributed by atoms with van der Waals surface area (Å²) in [6.45, 7) is 6.14. The largest absolute Gasteiger partial charge is 0.459 e. The maximum absolute atomic E-state index is 13.2. The van der Waals surface area contributed by atoms with E-state index >= 15 is 0 Å². The highest BCUT2D eigenvalue weighted by Gasteiger charge is 2.46. The number of ether oxygens (including phenoxy) is 4. The fraction of sp³-hybridized carbons (Fsp3) is 0.538. The number of carbonyl (C=O) groups excluding carboxylic acids is 6. The lowest BCUT2D eigenvalue weighted by molar-refractivity contribution is -0.144. The van der Waals surface area contributed by atoms with Crippen molar-refractivity contribution in [1.82, 2.24) is 15.5 Å². The molecule has 1 aromatic carbocycles. The number of fused-ring (bicyclic) bond motifs is 2. The van der Waals surface area contributed by atoms with Gasteiger partial charge in [0.1, 0.15) is 18.2 Å². The predicted molar refractivity (Wildman–Crippen MR) is 192 cm³/mol. The summed E-state index contributed by atoms with van der Waals surface area (Å²) in [5.41, 5.74) is 2.06. The Balaban J connectivity index is 0.876. The molecule has 0 radical (unpaired) electrons. The van der Waals surface area contributed by atoms with Gasteiger partial charge in [-0.05, 0) is 61.1 Å². The van der Waals surface area contributed by atoms with E-state index in [1.54, 1.807) is 18.2 Å². The first-order valence-corrected chi connectivity index (χ1v) is 18.6. The average Bonchev–Trinajstić information content (AvgIpc) is 3.38. The monoisotopic (exact) mass is 732 g/mol. The smallest absolute Gasteiger partial charge is 0.407 e. The molecule has 1 unspecified atom stereocenters. The number of nitrogens with zero attached hydrogens (tertiary/aromatic N) is 1. The van der Waals surface area contributed by atoms with Gasteiger partial charge in [0, 0.05) is 43.6 Å². The highest BCUT2D eigenvalue weighted by molar-refractivity contribution is 6.25. The summed E-state index contributed by atoms with van der Waals surface area (Å²) in [7, 11) is 0. The van der Waals surface area contributed by atoms with Gasteiger partial charge in [-0.1, -0.05) is 44.2 Å². The molecule has 3 N–H and O–H groups in total. The minimum absolute atomic E-state index is 0.0541. The van der Waals surface area contributed by atoms with E-state index < -0.39 is 35.8 Å². The van der Waals surface area contributed by atoms with E-state index in [1.807, 2.05) is 6.08 Å². The fourth-order valence-electron chi connectivity index (χ4n) is 7.99. The number of piperidine rings is 1. The molecule has 1 aromatic rings. The maximum Gasteiger partial charge on any atom is 0.407 e. The van der Waals surface area contributed by atoms with Crippen LogP contribution >= 0.6 is 0 Å². The molecule has 0 aromatic heterocycles. The number of benzene rings is 1. The Bertz CT molecular complexity index is 1690. The summed E-state index contributed by atoms with van der Waals surface area (Å²) in [6, 6.07) is 3.86. The molecule has 284 valence electrons. The second-order valence-corrected chi connectivity index (χ2v) is 14.3. The van der Waals surface area contributed by atoms with Gasteiger partial charge in [-0.3, -0.25) is 29.4 Å². The Morgan fingerprint density at radius 2 is 1.77 bits per heavy atom. The maximum atomic E-state index is 13.2. The third-order valence-electron chi connectivity index (χ3n) is 10.5. The molecule has 0 spiro atoms. The van der Waals surface area contributed by atoms with Crippen molar-refractivity contribution in [2.45, 2.75) is 70.6 Å². The van der Waals surface area contributed by atoms with Crippen molar-refractivity contribution in [1.29, 1.82) is 0 Å². The van der Waals surface area contributed by atoms with E-state index in [0.29, 0.717) is 38.0 Å². The zero-order chi connectivity index (χ0) is 37.5. The van der Waals surface area contributed by atoms with Crippen LogP contribution in [0, 0.1) is 23.7 Å². The molecule has 1 saturated heterocycles. The van der Waals surface area contributed by atoms with Gasteiger partial charge in [-0.15, -0.1) is 0 Å². The SMILES string of the molecule is C[C@H]1C=C2C=C[C@H](C)[C@H](CC[C@@H]3CC=CC(=O)O3)[C@H]2[C@@H](OC(=O)NCCOCCOCCNc2cccc3c2C(=O)N(C2CCC(=O)NC2=O)C3=O)C1. The van der Waals surface area contributed by atoms with Crippen molar-refractivity contribution in [3.63, 3.8) is 0 Å². The standard InChI is InChI=1S/C39H48N4O10/c1-23-21-25-10-9-24(2)27(12-11-26-5-3-8-33(45)52-26)34(25)31(22-23)53-39(49)41-16-18-51-20-19-50-17-15-40-29-7-4-6-28-35(29)38(48)43(37(28)47)30-13-14-32(44)42-36(30)46/h3-4,6-10,21,23-24,26-27,30-31,34,40H,5,11-20,22H2,1-2H3,(H,41,49)(H,42,44,46)/t23-,24-,26-,27-,30?,31-,34-/m0/s1. The molecule has 14 nitrogen and oxygen atoms in total. The fourth-order valence-corrected chi connectivity index (χ4v) is 7.99. The van der Waals surface area contributed by atoms with Crippen LogP contribution in [0.15, 0.2) is 54.2 Å². The number of hydrogen-bond acceptors (Lipinski definition) is 11. The zero-order valence-corrected chi connectivity index (χ0v) is 30.2. The number of carbonyl (C=O) groups is 6. The normalized spacial score (nSPS) is 27.8. The number of anilines is 1. The molecule has 5 amide bonds. The van der Waals surface area contributed by atoms with E-state index in [-0.39, 0.29) is 73.1 Å². The first-order valence-electron chi connectivity index (χ1n) is 18.6. The van der Waals surface area contributed by atoms with Crippen molar-refractivity contribution in [3.8, 4) is 0 Å². The number of amides is 5. The first-order chi connectivity index (χ1) is 25.6. The Kier molecular flexibility index (Phi) is 12.4. The molecule has 1 fully saturated rings. The number of rotatable bonds is 15. The molecule has 3 heterocycles. The van der Waals surface area contributed by atoms with Crippen molar-refractivity contribution in [2.75, 3.05) is 44.8 Å². The van der Waals surface area contributed by atoms with Crippen LogP contribution in [-0.4, -0.2) is 98.4 Å². The number of nitrogens with one attached hydrogen (secondary N) is 3. The third kappa shape index (κ3) is 9.05. The van der Waals surface area contributed by atoms with E-state index in [1.165, 1.54) is 11.6 Å². The van der Waals surface area contributed by atoms with Gasteiger partial charge >= 0.3 is 12.1 Å². The van der Waals surface area contributed by atoms with Gasteiger partial charge in [-0.25, -0.2) is 9.59 Å². The van der Waals surface area contributed by atoms with E-state index in [2.05, 4.69) is 48.0 Å². The lowest BCUT2D eigenvalue weighted by Crippen LogP contribution is -2.54. The quantitative estimate of drug-likeness (QED) is 0.136. The molecule has 0 saturated carbocycles. The van der Waals surface area contributed by atoms with Gasteiger partial charge in [0.05, 0.1) is 37.6 Å². The topological polar surface area (TPSA) is 179 Å². The second kappa shape index (κ2) is 17.3. The van der Waals surface area contributed by atoms with Crippen molar-refractivity contribution in [2.24, 2.45) is 23.7 Å². The van der Waals surface area contributed by atoms with Gasteiger partial charge < -0.3 is 29.6 Å². The van der Waals surface area contributed by atoms with Crippen molar-refractivity contribution >= 4 is 41.4 Å². The van der Waals surface area contributed by atoms with Gasteiger partial charge in [0.25, 0.3) is 11.8 Å². The van der Waals surface area contributed by atoms with Gasteiger partial charge in [0.15, 0.2) is 0 Å². The molecular formula is C39H48N4O10. The van der Waals surface area contributed by atoms with Crippen LogP contribution in [0.25, 0.3) is 0 Å². The average molecular weight is 733 g/mol. The van der Waals surface area contributed by atoms with Crippen LogP contribution in [-0.2, 0) is 33.3 Å². The van der Waals surface area contributed by atoms with Crippen molar-refractivity contribution in [3.05, 3.63) is 65.3 Å². The van der Waals surface area contributed by atoms with E-state index in [0.717, 1.165) is 30.6 Å². The first kappa shape index (κ1) is 37.9. The molecule has 7 atom stereocenters. The highest BCUT2D eigenvalue weighted by Crippen LogP contribution is 2.45. The Morgan fingerprint density at radius 3 is 2.55 bits per heavy atom. The molecule has 2 aliphatic carbocycles. The van der Waals surface area contributed by atoms with Crippen LogP contribution < -0.4 is 16.0 Å². The van der Waals surface area contributed by atoms with Crippen LogP contribution in [0.3, 0.4) is 0 Å². The summed E-state index contributed by atoms with van der Waals surface area (Å²) < 4.78 is 22.8. The third-order valence-corrected chi connectivity index (χ3v) is 10.5. The predicted octanol–water partition coefficient (Wildman–Crippen LogP) is 3.68. The Morgan fingerprint density at radius 1 is 0.981 bits per heavy atom. The molecular weight excluding hydrogens is 684 g/mol. The summed E-state index contributed by atoms with van der Waals surface area (Å²) in [6.07, 6.45) is 12.4. The van der Waals surface area contributed by atoms with Crippen LogP contribution in [0.2, 0.25) is 0 Å². The number of alkyl carbamates (subject to hydrolysis) is 1. The number of esters is 1. The summed E-state index contributed by atoms with van der Waals surface area (Å²) in [5.74, 6) is -1.60. The Hall–Kier alpha value is -4.82. The second-order valence-electron chi connectivity index (χ2n) is 14.3. The van der Waals surface area contributed by atoms with Crippen molar-refractivity contribution < 1.29 is 47.7 Å². The number of allylic oxidation sites excluding steroid dienone is 3. The van der Waals surface area contributed by atoms with Crippen LogP contribution in [0.4, 0.5) is 10.5 Å². The summed E-state index contributed by atoms with van der Waals surface area (Å²) >= 11 is 0. The highest BCUT2D eigenvalue weighted by atomic mass is 16.6. The number of imide groups is 2. The minimum Gasteiger partial charge on any atom is -0.459 e. The number of cyclic esters (lactones) is 1. The summed E-state index contributed by atoms with van der Waals surface area (Å²) in [5, 5.41) is 8.14. The molecule has 3 aliphatic heterocycles. The van der Waals surface area contributed by atoms with Crippen LogP contribution in [0.5, 0.6) is 0 Å². The lowest BCUT2D eigenvalue weighted by Gasteiger charge is -2.43. The zero-order valence-electron chi connectivity index (χ0n) is 30.2. The lowest BCUT2D eigenvalue weighted by atomic mass is 9.65. The summed E-state index contributed by atoms with van der Waals surface area (Å²) in [4.78, 5) is 75.7. The van der Waals surface area contributed by atoms with E-state index in [4.69, 9.17) is 18.9 Å². The number of hydrogen-bond donors (Lipinski definition) is 3. The van der Waals surface area contributed by atoms with E-state index in [9.17, 15) is 28.8 Å². The Labute approximate surface area is 308 Å². The minimum atomic E-state index is -1.03. The van der Waals surface area contributed by atoms with Crippen LogP contribution in [0.1, 0.15) is 73.1 Å². The van der Waals surface area contributed by atoms with Gasteiger partial charge in [0.2, 0.25) is 11.8 Å². The molecule has 6 rings (SSSR count). The molecule has 14 heteroatoms. The molecule has 0 bridgehead atoms. The molecule has 5 aliphatic rings. The molecule has 53 heavy (non-hydrogen) atoms.